The van der Waals surface area contributed by atoms with Gasteiger partial charge in [0.15, 0.2) is 11.4 Å². The third kappa shape index (κ3) is 1.88. The SMILES string of the molecule is Cc1ccccc1C1C(=O)OC2(CCCCC2)C1=O. The normalized spacial score (nSPS) is 25.6. The Hall–Kier alpha value is -1.64. The predicted molar refractivity (Wildman–Crippen MR) is 70.8 cm³/mol. The van der Waals surface area contributed by atoms with E-state index < -0.39 is 11.5 Å². The Morgan fingerprint density at radius 1 is 1.11 bits per heavy atom. The fraction of sp³-hybridized carbons (Fsp3) is 0.500. The van der Waals surface area contributed by atoms with E-state index in [1.54, 1.807) is 0 Å². The molecule has 100 valence electrons. The molecule has 1 atom stereocenters. The van der Waals surface area contributed by atoms with E-state index in [0.29, 0.717) is 12.8 Å². The minimum atomic E-state index is -0.817. The first-order valence-corrected chi connectivity index (χ1v) is 6.97. The van der Waals surface area contributed by atoms with Crippen LogP contribution in [0.5, 0.6) is 0 Å². The van der Waals surface area contributed by atoms with Gasteiger partial charge in [0.2, 0.25) is 0 Å². The fourth-order valence-corrected chi connectivity index (χ4v) is 3.32. The number of aryl methyl sites for hydroxylation is 1. The largest absolute Gasteiger partial charge is 0.450 e. The van der Waals surface area contributed by atoms with Gasteiger partial charge in [-0.2, -0.15) is 0 Å². The predicted octanol–water partition coefficient (Wildman–Crippen LogP) is 2.91. The molecule has 1 saturated heterocycles. The minimum absolute atomic E-state index is 0.0218. The van der Waals surface area contributed by atoms with Gasteiger partial charge >= 0.3 is 5.97 Å². The van der Waals surface area contributed by atoms with Crippen molar-refractivity contribution in [2.75, 3.05) is 0 Å². The first-order valence-electron chi connectivity index (χ1n) is 6.97. The quantitative estimate of drug-likeness (QED) is 0.574. The van der Waals surface area contributed by atoms with Crippen molar-refractivity contribution in [2.24, 2.45) is 0 Å². The Balaban J connectivity index is 1.98. The van der Waals surface area contributed by atoms with Gasteiger partial charge in [-0.1, -0.05) is 30.7 Å². The van der Waals surface area contributed by atoms with Crippen molar-refractivity contribution in [3.63, 3.8) is 0 Å². The van der Waals surface area contributed by atoms with Crippen LogP contribution in [-0.2, 0) is 14.3 Å². The molecule has 3 heteroatoms. The molecule has 0 N–H and O–H groups in total. The van der Waals surface area contributed by atoms with Crippen molar-refractivity contribution in [3.8, 4) is 0 Å². The monoisotopic (exact) mass is 258 g/mol. The summed E-state index contributed by atoms with van der Waals surface area (Å²) in [6.45, 7) is 1.93. The zero-order valence-electron chi connectivity index (χ0n) is 11.1. The third-order valence-corrected chi connectivity index (χ3v) is 4.40. The maximum atomic E-state index is 12.7. The first-order chi connectivity index (χ1) is 9.14. The van der Waals surface area contributed by atoms with E-state index >= 15 is 0 Å². The molecule has 1 aliphatic heterocycles. The molecule has 1 saturated carbocycles. The Morgan fingerprint density at radius 2 is 1.79 bits per heavy atom. The van der Waals surface area contributed by atoms with Crippen LogP contribution < -0.4 is 0 Å². The number of hydrogen-bond acceptors (Lipinski definition) is 3. The summed E-state index contributed by atoms with van der Waals surface area (Å²) in [4.78, 5) is 24.9. The molecule has 3 rings (SSSR count). The number of ketones is 1. The number of carbonyl (C=O) groups excluding carboxylic acids is 2. The van der Waals surface area contributed by atoms with Gasteiger partial charge in [0.25, 0.3) is 0 Å². The van der Waals surface area contributed by atoms with Crippen molar-refractivity contribution in [2.45, 2.75) is 50.5 Å². The molecule has 1 heterocycles. The average Bonchev–Trinajstić information content (AvgIpc) is 2.63. The zero-order valence-corrected chi connectivity index (χ0v) is 11.1. The lowest BCUT2D eigenvalue weighted by atomic mass is 9.77. The smallest absolute Gasteiger partial charge is 0.322 e. The van der Waals surface area contributed by atoms with Crippen LogP contribution in [0.2, 0.25) is 0 Å². The van der Waals surface area contributed by atoms with E-state index in [1.165, 1.54) is 0 Å². The van der Waals surface area contributed by atoms with Crippen LogP contribution in [0.4, 0.5) is 0 Å². The Bertz CT molecular complexity index is 527. The molecular weight excluding hydrogens is 240 g/mol. The van der Waals surface area contributed by atoms with Crippen LogP contribution >= 0.6 is 0 Å². The topological polar surface area (TPSA) is 43.4 Å². The van der Waals surface area contributed by atoms with E-state index in [0.717, 1.165) is 30.4 Å². The van der Waals surface area contributed by atoms with Crippen LogP contribution in [0, 0.1) is 6.92 Å². The molecule has 19 heavy (non-hydrogen) atoms. The number of benzene rings is 1. The summed E-state index contributed by atoms with van der Waals surface area (Å²) >= 11 is 0. The maximum absolute atomic E-state index is 12.7. The Labute approximate surface area is 113 Å². The van der Waals surface area contributed by atoms with Gasteiger partial charge in [-0.3, -0.25) is 9.59 Å². The highest BCUT2D eigenvalue weighted by molar-refractivity contribution is 6.13. The molecule has 3 nitrogen and oxygen atoms in total. The molecule has 1 aromatic carbocycles. The summed E-state index contributed by atoms with van der Waals surface area (Å²) in [5.74, 6) is -1.09. The van der Waals surface area contributed by atoms with Crippen molar-refractivity contribution in [1.82, 2.24) is 0 Å². The summed E-state index contributed by atoms with van der Waals surface area (Å²) in [6.07, 6.45) is 4.46. The van der Waals surface area contributed by atoms with E-state index in [-0.39, 0.29) is 11.8 Å². The van der Waals surface area contributed by atoms with Gasteiger partial charge in [-0.05, 0) is 43.7 Å². The second-order valence-corrected chi connectivity index (χ2v) is 5.63. The molecule has 1 aromatic rings. The molecule has 0 aromatic heterocycles. The highest BCUT2D eigenvalue weighted by Gasteiger charge is 2.55. The second kappa shape index (κ2) is 4.48. The zero-order chi connectivity index (χ0) is 13.5. The minimum Gasteiger partial charge on any atom is -0.450 e. The fourth-order valence-electron chi connectivity index (χ4n) is 3.32. The molecular formula is C16H18O3. The molecule has 0 bridgehead atoms. The van der Waals surface area contributed by atoms with Gasteiger partial charge in [-0.25, -0.2) is 0 Å². The third-order valence-electron chi connectivity index (χ3n) is 4.40. The Kier molecular flexibility index (Phi) is 2.92. The van der Waals surface area contributed by atoms with Gasteiger partial charge < -0.3 is 4.74 Å². The number of esters is 1. The highest BCUT2D eigenvalue weighted by atomic mass is 16.6. The maximum Gasteiger partial charge on any atom is 0.322 e. The van der Waals surface area contributed by atoms with Crippen LogP contribution in [0.3, 0.4) is 0 Å². The van der Waals surface area contributed by atoms with Gasteiger partial charge in [-0.15, -0.1) is 0 Å². The van der Waals surface area contributed by atoms with Crippen LogP contribution in [0.25, 0.3) is 0 Å². The summed E-state index contributed by atoms with van der Waals surface area (Å²) in [5, 5.41) is 0. The number of hydrogen-bond donors (Lipinski definition) is 0. The van der Waals surface area contributed by atoms with Gasteiger partial charge in [0, 0.05) is 0 Å². The van der Waals surface area contributed by atoms with E-state index in [9.17, 15) is 9.59 Å². The first kappa shape index (κ1) is 12.4. The summed E-state index contributed by atoms with van der Waals surface area (Å²) in [7, 11) is 0. The van der Waals surface area contributed by atoms with Crippen molar-refractivity contribution in [3.05, 3.63) is 35.4 Å². The molecule has 1 unspecified atom stereocenters. The summed E-state index contributed by atoms with van der Waals surface area (Å²) in [6, 6.07) is 7.58. The number of Topliss-reactive ketones (excluding diaryl/α,β-unsaturated/α-hetero) is 1. The van der Waals surface area contributed by atoms with Crippen molar-refractivity contribution in [1.29, 1.82) is 0 Å². The van der Waals surface area contributed by atoms with E-state index in [1.807, 2.05) is 31.2 Å². The highest BCUT2D eigenvalue weighted by Crippen LogP contribution is 2.43. The molecule has 0 amide bonds. The summed E-state index contributed by atoms with van der Waals surface area (Å²) in [5.41, 5.74) is 0.966. The molecule has 0 radical (unpaired) electrons. The van der Waals surface area contributed by atoms with Gasteiger partial charge in [0.1, 0.15) is 5.92 Å². The molecule has 1 aliphatic carbocycles. The van der Waals surface area contributed by atoms with Crippen LogP contribution in [0.1, 0.15) is 49.1 Å². The van der Waals surface area contributed by atoms with Crippen LogP contribution in [-0.4, -0.2) is 17.4 Å². The summed E-state index contributed by atoms with van der Waals surface area (Å²) < 4.78 is 5.54. The Morgan fingerprint density at radius 3 is 2.47 bits per heavy atom. The van der Waals surface area contributed by atoms with Crippen LogP contribution in [0.15, 0.2) is 24.3 Å². The van der Waals surface area contributed by atoms with E-state index in [2.05, 4.69) is 0 Å². The standard InChI is InChI=1S/C16H18O3/c1-11-7-3-4-8-12(11)13-14(17)16(19-15(13)18)9-5-2-6-10-16/h3-4,7-8,13H,2,5-6,9-10H2,1H3. The van der Waals surface area contributed by atoms with Crippen molar-refractivity contribution < 1.29 is 14.3 Å². The molecule has 2 fully saturated rings. The van der Waals surface area contributed by atoms with E-state index in [4.69, 9.17) is 4.74 Å². The van der Waals surface area contributed by atoms with Crippen molar-refractivity contribution >= 4 is 11.8 Å². The number of carbonyl (C=O) groups is 2. The average molecular weight is 258 g/mol. The molecule has 1 spiro atoms. The number of ether oxygens (including phenoxy) is 1. The second-order valence-electron chi connectivity index (χ2n) is 5.63. The van der Waals surface area contributed by atoms with Gasteiger partial charge in [0.05, 0.1) is 0 Å². The molecule has 2 aliphatic rings. The lowest BCUT2D eigenvalue weighted by Gasteiger charge is -2.29. The lowest BCUT2D eigenvalue weighted by molar-refractivity contribution is -0.154. The lowest BCUT2D eigenvalue weighted by Crippen LogP contribution is -2.39. The number of rotatable bonds is 1.